The summed E-state index contributed by atoms with van der Waals surface area (Å²) >= 11 is 6.09. The summed E-state index contributed by atoms with van der Waals surface area (Å²) < 4.78 is 16.7. The van der Waals surface area contributed by atoms with Crippen molar-refractivity contribution in [2.24, 2.45) is 5.73 Å². The van der Waals surface area contributed by atoms with Crippen molar-refractivity contribution in [3.63, 3.8) is 0 Å². The maximum atomic E-state index is 6.09. The highest BCUT2D eigenvalue weighted by Crippen LogP contribution is 2.35. The first-order valence-corrected chi connectivity index (χ1v) is 7.61. The molecule has 21 heavy (non-hydrogen) atoms. The molecular weight excluding hydrogens is 292 g/mol. The summed E-state index contributed by atoms with van der Waals surface area (Å²) in [5.41, 5.74) is 6.64. The van der Waals surface area contributed by atoms with Gasteiger partial charge in [0.05, 0.1) is 20.3 Å². The van der Waals surface area contributed by atoms with Crippen molar-refractivity contribution in [1.82, 2.24) is 4.90 Å². The van der Waals surface area contributed by atoms with Crippen LogP contribution in [-0.2, 0) is 11.2 Å². The zero-order valence-electron chi connectivity index (χ0n) is 12.4. The van der Waals surface area contributed by atoms with E-state index in [1.807, 2.05) is 6.07 Å². The van der Waals surface area contributed by atoms with Gasteiger partial charge in [0.25, 0.3) is 0 Å². The minimum atomic E-state index is 0.545. The van der Waals surface area contributed by atoms with Gasteiger partial charge < -0.3 is 19.9 Å². The third kappa shape index (κ3) is 4.74. The molecule has 5 nitrogen and oxygen atoms in total. The normalized spacial score (nSPS) is 16.0. The highest BCUT2D eigenvalue weighted by atomic mass is 35.5. The molecule has 0 radical (unpaired) electrons. The smallest absolute Gasteiger partial charge is 0.164 e. The third-order valence-electron chi connectivity index (χ3n) is 3.49. The van der Waals surface area contributed by atoms with Gasteiger partial charge in [-0.1, -0.05) is 11.6 Å². The lowest BCUT2D eigenvalue weighted by molar-refractivity contribution is 0.0320. The molecule has 0 aromatic heterocycles. The van der Waals surface area contributed by atoms with Crippen LogP contribution in [0.2, 0.25) is 5.02 Å². The Morgan fingerprint density at radius 1 is 1.33 bits per heavy atom. The Balaban J connectivity index is 1.99. The molecule has 2 N–H and O–H groups in total. The predicted molar refractivity (Wildman–Crippen MR) is 83.5 cm³/mol. The molecule has 0 bridgehead atoms. The van der Waals surface area contributed by atoms with Crippen molar-refractivity contribution < 1.29 is 14.2 Å². The van der Waals surface area contributed by atoms with Crippen molar-refractivity contribution in [3.05, 3.63) is 22.7 Å². The molecule has 0 aliphatic carbocycles. The van der Waals surface area contributed by atoms with E-state index in [2.05, 4.69) is 4.90 Å². The Hall–Kier alpha value is -1.01. The first-order chi connectivity index (χ1) is 10.2. The number of halogens is 1. The number of hydrogen-bond acceptors (Lipinski definition) is 5. The van der Waals surface area contributed by atoms with Crippen LogP contribution in [0.4, 0.5) is 0 Å². The maximum absolute atomic E-state index is 6.09. The largest absolute Gasteiger partial charge is 0.493 e. The van der Waals surface area contributed by atoms with Gasteiger partial charge in [0.2, 0.25) is 0 Å². The average molecular weight is 315 g/mol. The van der Waals surface area contributed by atoms with Crippen LogP contribution >= 0.6 is 11.6 Å². The van der Waals surface area contributed by atoms with E-state index in [0.29, 0.717) is 30.3 Å². The second-order valence-corrected chi connectivity index (χ2v) is 5.37. The van der Waals surface area contributed by atoms with Crippen LogP contribution in [0.25, 0.3) is 0 Å². The van der Waals surface area contributed by atoms with Gasteiger partial charge in [0.15, 0.2) is 11.5 Å². The Morgan fingerprint density at radius 2 is 2.10 bits per heavy atom. The summed E-state index contributed by atoms with van der Waals surface area (Å²) in [6, 6.07) is 3.66. The molecule has 0 atom stereocenters. The van der Waals surface area contributed by atoms with E-state index in [-0.39, 0.29) is 0 Å². The van der Waals surface area contributed by atoms with E-state index in [1.54, 1.807) is 13.2 Å². The maximum Gasteiger partial charge on any atom is 0.164 e. The van der Waals surface area contributed by atoms with Crippen molar-refractivity contribution in [3.8, 4) is 11.5 Å². The molecule has 1 aliphatic heterocycles. The molecule has 1 aromatic carbocycles. The molecule has 118 valence electrons. The molecule has 6 heteroatoms. The topological polar surface area (TPSA) is 57.0 Å². The number of hydrogen-bond donors (Lipinski definition) is 1. The van der Waals surface area contributed by atoms with Gasteiger partial charge in [0, 0.05) is 36.3 Å². The summed E-state index contributed by atoms with van der Waals surface area (Å²) in [6.45, 7) is 5.52. The number of methoxy groups -OCH3 is 1. The summed E-state index contributed by atoms with van der Waals surface area (Å²) in [7, 11) is 1.62. The summed E-state index contributed by atoms with van der Waals surface area (Å²) in [4.78, 5) is 2.33. The molecule has 1 aliphatic rings. The minimum absolute atomic E-state index is 0.545. The van der Waals surface area contributed by atoms with Gasteiger partial charge in [-0.05, 0) is 19.0 Å². The SMILES string of the molecule is COc1cc(Cl)cc(CCN)c1OCCN1CCOCC1. The highest BCUT2D eigenvalue weighted by molar-refractivity contribution is 6.30. The van der Waals surface area contributed by atoms with Gasteiger partial charge in [-0.2, -0.15) is 0 Å². The zero-order valence-corrected chi connectivity index (χ0v) is 13.2. The van der Waals surface area contributed by atoms with Crippen LogP contribution in [0.3, 0.4) is 0 Å². The summed E-state index contributed by atoms with van der Waals surface area (Å²) in [6.07, 6.45) is 0.712. The fourth-order valence-electron chi connectivity index (χ4n) is 2.38. The van der Waals surface area contributed by atoms with Crippen molar-refractivity contribution in [2.75, 3.05) is 53.1 Å². The first kappa shape index (κ1) is 16.4. The van der Waals surface area contributed by atoms with E-state index >= 15 is 0 Å². The number of nitrogens with two attached hydrogens (primary N) is 1. The molecule has 1 saturated heterocycles. The molecule has 2 rings (SSSR count). The molecular formula is C15H23ClN2O3. The second-order valence-electron chi connectivity index (χ2n) is 4.94. The van der Waals surface area contributed by atoms with Gasteiger partial charge in [-0.3, -0.25) is 4.90 Å². The highest BCUT2D eigenvalue weighted by Gasteiger charge is 2.14. The fourth-order valence-corrected chi connectivity index (χ4v) is 2.61. The Labute approximate surface area is 130 Å². The zero-order chi connectivity index (χ0) is 15.1. The molecule has 0 spiro atoms. The number of benzene rings is 1. The first-order valence-electron chi connectivity index (χ1n) is 7.24. The third-order valence-corrected chi connectivity index (χ3v) is 3.71. The number of ether oxygens (including phenoxy) is 3. The fraction of sp³-hybridized carbons (Fsp3) is 0.600. The molecule has 0 saturated carbocycles. The quantitative estimate of drug-likeness (QED) is 0.828. The Kier molecular flexibility index (Phi) is 6.57. The number of rotatable bonds is 7. The standard InChI is InChI=1S/C15H23ClN2O3/c1-19-14-11-13(16)10-12(2-3-17)15(14)21-9-6-18-4-7-20-8-5-18/h10-11H,2-9,17H2,1H3. The average Bonchev–Trinajstić information content (AvgIpc) is 2.50. The minimum Gasteiger partial charge on any atom is -0.493 e. The van der Waals surface area contributed by atoms with Crippen molar-refractivity contribution in [1.29, 1.82) is 0 Å². The number of morpholine rings is 1. The molecule has 1 heterocycles. The molecule has 0 unspecified atom stereocenters. The Bertz CT molecular complexity index is 451. The lowest BCUT2D eigenvalue weighted by atomic mass is 10.1. The van der Waals surface area contributed by atoms with Gasteiger partial charge >= 0.3 is 0 Å². The van der Waals surface area contributed by atoms with Gasteiger partial charge in [-0.15, -0.1) is 0 Å². The number of nitrogens with zero attached hydrogens (tertiary/aromatic N) is 1. The Morgan fingerprint density at radius 3 is 2.76 bits per heavy atom. The lowest BCUT2D eigenvalue weighted by Crippen LogP contribution is -2.38. The van der Waals surface area contributed by atoms with Crippen LogP contribution in [-0.4, -0.2) is 58.0 Å². The van der Waals surface area contributed by atoms with Crippen LogP contribution in [0.1, 0.15) is 5.56 Å². The van der Waals surface area contributed by atoms with E-state index in [9.17, 15) is 0 Å². The van der Waals surface area contributed by atoms with Crippen LogP contribution in [0.15, 0.2) is 12.1 Å². The van der Waals surface area contributed by atoms with E-state index in [0.717, 1.165) is 44.2 Å². The van der Waals surface area contributed by atoms with Crippen molar-refractivity contribution >= 4 is 11.6 Å². The van der Waals surface area contributed by atoms with Crippen LogP contribution < -0.4 is 15.2 Å². The lowest BCUT2D eigenvalue weighted by Gasteiger charge is -2.26. The van der Waals surface area contributed by atoms with E-state index < -0.39 is 0 Å². The molecule has 1 aromatic rings. The van der Waals surface area contributed by atoms with Gasteiger partial charge in [-0.25, -0.2) is 0 Å². The van der Waals surface area contributed by atoms with E-state index in [1.165, 1.54) is 0 Å². The predicted octanol–water partition coefficient (Wildman–Crippen LogP) is 1.56. The van der Waals surface area contributed by atoms with Crippen LogP contribution in [0, 0.1) is 0 Å². The van der Waals surface area contributed by atoms with Crippen molar-refractivity contribution in [2.45, 2.75) is 6.42 Å². The molecule has 1 fully saturated rings. The monoisotopic (exact) mass is 314 g/mol. The van der Waals surface area contributed by atoms with Crippen LogP contribution in [0.5, 0.6) is 11.5 Å². The molecule has 0 amide bonds. The summed E-state index contributed by atoms with van der Waals surface area (Å²) in [5.74, 6) is 1.41. The van der Waals surface area contributed by atoms with Gasteiger partial charge in [0.1, 0.15) is 6.61 Å². The summed E-state index contributed by atoms with van der Waals surface area (Å²) in [5, 5.41) is 0.635. The second kappa shape index (κ2) is 8.44. The van der Waals surface area contributed by atoms with E-state index in [4.69, 9.17) is 31.5 Å².